The summed E-state index contributed by atoms with van der Waals surface area (Å²) < 4.78 is 0. The number of primary amides is 1. The summed E-state index contributed by atoms with van der Waals surface area (Å²) in [4.78, 5) is 13.6. The van der Waals surface area contributed by atoms with E-state index >= 15 is 0 Å². The molecule has 0 aromatic carbocycles. The summed E-state index contributed by atoms with van der Waals surface area (Å²) in [7, 11) is 0. The molecule has 1 aliphatic heterocycles. The fourth-order valence-corrected chi connectivity index (χ4v) is 3.21. The predicted octanol–water partition coefficient (Wildman–Crippen LogP) is 1.79. The Bertz CT molecular complexity index is 324. The highest BCUT2D eigenvalue weighted by Gasteiger charge is 2.30. The van der Waals surface area contributed by atoms with E-state index in [0.717, 1.165) is 32.0 Å². The van der Waals surface area contributed by atoms with Gasteiger partial charge in [0, 0.05) is 13.1 Å². The Labute approximate surface area is 104 Å². The smallest absolute Gasteiger partial charge is 0.221 e. The quantitative estimate of drug-likeness (QED) is 0.759. The molecule has 0 spiro atoms. The van der Waals surface area contributed by atoms with Crippen LogP contribution in [0.4, 0.5) is 0 Å². The van der Waals surface area contributed by atoms with Gasteiger partial charge < -0.3 is 10.6 Å². The van der Waals surface area contributed by atoms with Crippen LogP contribution in [0.15, 0.2) is 11.6 Å². The summed E-state index contributed by atoms with van der Waals surface area (Å²) in [6.07, 6.45) is 5.86. The van der Waals surface area contributed by atoms with Crippen molar-refractivity contribution in [3.8, 4) is 0 Å². The molecule has 1 fully saturated rings. The summed E-state index contributed by atoms with van der Waals surface area (Å²) in [5.74, 6) is 1.40. The van der Waals surface area contributed by atoms with E-state index in [1.54, 1.807) is 0 Å². The highest BCUT2D eigenvalue weighted by Crippen LogP contribution is 2.31. The standard InChI is InChI=1S/C14H24N2O/c1-10-4-3-5-11(2)13(10)9-16-7-6-12(8-16)14(15)17/h4,11-13H,3,5-9H2,1-2H3,(H2,15,17)/t11-,12-,13+/m0/s1. The van der Waals surface area contributed by atoms with Crippen molar-refractivity contribution in [1.29, 1.82) is 0 Å². The van der Waals surface area contributed by atoms with Crippen molar-refractivity contribution < 1.29 is 4.79 Å². The van der Waals surface area contributed by atoms with Gasteiger partial charge >= 0.3 is 0 Å². The lowest BCUT2D eigenvalue weighted by molar-refractivity contribution is -0.121. The molecule has 2 N–H and O–H groups in total. The normalized spacial score (nSPS) is 34.7. The van der Waals surface area contributed by atoms with Crippen LogP contribution in [0, 0.1) is 17.8 Å². The van der Waals surface area contributed by atoms with Crippen LogP contribution < -0.4 is 5.73 Å². The number of nitrogens with zero attached hydrogens (tertiary/aromatic N) is 1. The Hall–Kier alpha value is -0.830. The van der Waals surface area contributed by atoms with E-state index in [-0.39, 0.29) is 11.8 Å². The van der Waals surface area contributed by atoms with Gasteiger partial charge in [0.15, 0.2) is 0 Å². The van der Waals surface area contributed by atoms with Gasteiger partial charge in [0.2, 0.25) is 5.91 Å². The Morgan fingerprint density at radius 1 is 1.53 bits per heavy atom. The van der Waals surface area contributed by atoms with Crippen molar-refractivity contribution in [3.63, 3.8) is 0 Å². The van der Waals surface area contributed by atoms with Gasteiger partial charge in [-0.2, -0.15) is 0 Å². The molecule has 1 saturated heterocycles. The zero-order valence-electron chi connectivity index (χ0n) is 11.0. The third kappa shape index (κ3) is 2.89. The lowest BCUT2D eigenvalue weighted by Crippen LogP contribution is -2.34. The number of hydrogen-bond acceptors (Lipinski definition) is 2. The number of carbonyl (C=O) groups is 1. The lowest BCUT2D eigenvalue weighted by atomic mass is 9.80. The first-order valence-corrected chi connectivity index (χ1v) is 6.76. The number of likely N-dealkylation sites (tertiary alicyclic amines) is 1. The molecular weight excluding hydrogens is 212 g/mol. The molecule has 1 heterocycles. The molecule has 96 valence electrons. The van der Waals surface area contributed by atoms with E-state index in [4.69, 9.17) is 5.73 Å². The molecular formula is C14H24N2O. The van der Waals surface area contributed by atoms with Gasteiger partial charge in [-0.1, -0.05) is 18.6 Å². The van der Waals surface area contributed by atoms with E-state index in [1.165, 1.54) is 18.4 Å². The van der Waals surface area contributed by atoms with Crippen LogP contribution >= 0.6 is 0 Å². The first-order chi connectivity index (χ1) is 8.08. The van der Waals surface area contributed by atoms with E-state index < -0.39 is 0 Å². The van der Waals surface area contributed by atoms with Crippen LogP contribution in [0.1, 0.15) is 33.1 Å². The summed E-state index contributed by atoms with van der Waals surface area (Å²) in [6.45, 7) is 7.61. The van der Waals surface area contributed by atoms with Crippen LogP contribution in [0.5, 0.6) is 0 Å². The number of carbonyl (C=O) groups excluding carboxylic acids is 1. The number of allylic oxidation sites excluding steroid dienone is 1. The summed E-state index contributed by atoms with van der Waals surface area (Å²) in [5.41, 5.74) is 6.90. The molecule has 1 amide bonds. The van der Waals surface area contributed by atoms with Gasteiger partial charge in [-0.15, -0.1) is 0 Å². The fourth-order valence-electron chi connectivity index (χ4n) is 3.21. The Morgan fingerprint density at radius 2 is 2.29 bits per heavy atom. The zero-order chi connectivity index (χ0) is 12.4. The second kappa shape index (κ2) is 5.21. The van der Waals surface area contributed by atoms with Crippen molar-refractivity contribution in [2.45, 2.75) is 33.1 Å². The first-order valence-electron chi connectivity index (χ1n) is 6.76. The SMILES string of the molecule is CC1=CCC[C@H](C)[C@@H]1CN1CC[C@H](C(N)=O)C1. The van der Waals surface area contributed by atoms with Crippen LogP contribution in [-0.2, 0) is 4.79 Å². The first kappa shape index (κ1) is 12.6. The second-order valence-electron chi connectivity index (χ2n) is 5.76. The predicted molar refractivity (Wildman–Crippen MR) is 69.4 cm³/mol. The summed E-state index contributed by atoms with van der Waals surface area (Å²) >= 11 is 0. The van der Waals surface area contributed by atoms with Gasteiger partial charge in [0.1, 0.15) is 0 Å². The molecule has 3 nitrogen and oxygen atoms in total. The van der Waals surface area contributed by atoms with Crippen molar-refractivity contribution in [2.24, 2.45) is 23.5 Å². The lowest BCUT2D eigenvalue weighted by Gasteiger charge is -2.32. The Morgan fingerprint density at radius 3 is 2.88 bits per heavy atom. The van der Waals surface area contributed by atoms with Crippen molar-refractivity contribution in [3.05, 3.63) is 11.6 Å². The maximum Gasteiger partial charge on any atom is 0.221 e. The molecule has 0 radical (unpaired) electrons. The molecule has 0 aromatic rings. The third-order valence-electron chi connectivity index (χ3n) is 4.49. The number of nitrogens with two attached hydrogens (primary N) is 1. The average Bonchev–Trinajstić information content (AvgIpc) is 2.72. The molecule has 0 saturated carbocycles. The maximum atomic E-state index is 11.2. The highest BCUT2D eigenvalue weighted by atomic mass is 16.1. The molecule has 0 bridgehead atoms. The zero-order valence-corrected chi connectivity index (χ0v) is 11.0. The van der Waals surface area contributed by atoms with Crippen LogP contribution in [0.25, 0.3) is 0 Å². The minimum Gasteiger partial charge on any atom is -0.369 e. The van der Waals surface area contributed by atoms with Crippen LogP contribution in [-0.4, -0.2) is 30.4 Å². The summed E-state index contributed by atoms with van der Waals surface area (Å²) in [5, 5.41) is 0. The van der Waals surface area contributed by atoms with Gasteiger partial charge in [-0.05, 0) is 44.6 Å². The third-order valence-corrected chi connectivity index (χ3v) is 4.49. The van der Waals surface area contributed by atoms with Crippen LogP contribution in [0.3, 0.4) is 0 Å². The Balaban J connectivity index is 1.91. The van der Waals surface area contributed by atoms with E-state index in [1.807, 2.05) is 0 Å². The topological polar surface area (TPSA) is 46.3 Å². The monoisotopic (exact) mass is 236 g/mol. The number of amides is 1. The maximum absolute atomic E-state index is 11.2. The van der Waals surface area contributed by atoms with Gasteiger partial charge in [0.05, 0.1) is 5.92 Å². The van der Waals surface area contributed by atoms with E-state index in [2.05, 4.69) is 24.8 Å². The molecule has 2 rings (SSSR count). The molecule has 0 aromatic heterocycles. The largest absolute Gasteiger partial charge is 0.369 e. The molecule has 17 heavy (non-hydrogen) atoms. The minimum absolute atomic E-state index is 0.0817. The average molecular weight is 236 g/mol. The molecule has 1 aliphatic carbocycles. The Kier molecular flexibility index (Phi) is 3.87. The van der Waals surface area contributed by atoms with Crippen molar-refractivity contribution in [1.82, 2.24) is 4.90 Å². The molecule has 3 atom stereocenters. The van der Waals surface area contributed by atoms with Crippen molar-refractivity contribution >= 4 is 5.91 Å². The van der Waals surface area contributed by atoms with Gasteiger partial charge in [0.25, 0.3) is 0 Å². The molecule has 2 aliphatic rings. The minimum atomic E-state index is -0.128. The second-order valence-corrected chi connectivity index (χ2v) is 5.76. The van der Waals surface area contributed by atoms with Crippen LogP contribution in [0.2, 0.25) is 0 Å². The number of rotatable bonds is 3. The van der Waals surface area contributed by atoms with E-state index in [9.17, 15) is 4.79 Å². The number of hydrogen-bond donors (Lipinski definition) is 1. The van der Waals surface area contributed by atoms with Crippen molar-refractivity contribution in [2.75, 3.05) is 19.6 Å². The fraction of sp³-hybridized carbons (Fsp3) is 0.786. The highest BCUT2D eigenvalue weighted by molar-refractivity contribution is 5.77. The van der Waals surface area contributed by atoms with E-state index in [0.29, 0.717) is 5.92 Å². The van der Waals surface area contributed by atoms with Gasteiger partial charge in [-0.25, -0.2) is 0 Å². The molecule has 3 heteroatoms. The molecule has 0 unspecified atom stereocenters. The summed E-state index contributed by atoms with van der Waals surface area (Å²) in [6, 6.07) is 0. The van der Waals surface area contributed by atoms with Gasteiger partial charge in [-0.3, -0.25) is 4.79 Å².